The van der Waals surface area contributed by atoms with Crippen LogP contribution in [0.4, 0.5) is 11.8 Å². The average Bonchev–Trinajstić information content (AvgIpc) is 3.00. The van der Waals surface area contributed by atoms with E-state index < -0.39 is 10.8 Å². The third kappa shape index (κ3) is 3.91. The molecule has 2 bridgehead atoms. The molecule has 3 atom stereocenters. The SMILES string of the molecule is C[S@@](=O)c1cnc(N2C3CCC2CC(c2ncc(Cl)cn2)C3)nc1NC1(CO)CCC1. The predicted octanol–water partition coefficient (Wildman–Crippen LogP) is 2.90. The number of anilines is 2. The van der Waals surface area contributed by atoms with E-state index in [0.717, 1.165) is 50.8 Å². The molecule has 1 aliphatic carbocycles. The molecular formula is C21H27ClN6O2S. The zero-order chi connectivity index (χ0) is 21.6. The first-order valence-electron chi connectivity index (χ1n) is 10.8. The molecule has 3 fully saturated rings. The summed E-state index contributed by atoms with van der Waals surface area (Å²) in [7, 11) is -1.22. The van der Waals surface area contributed by atoms with Crippen LogP contribution in [0, 0.1) is 0 Å². The topological polar surface area (TPSA) is 104 Å². The minimum absolute atomic E-state index is 0.0415. The van der Waals surface area contributed by atoms with Crippen LogP contribution < -0.4 is 10.2 Å². The zero-order valence-corrected chi connectivity index (χ0v) is 19.1. The molecule has 5 rings (SSSR count). The molecule has 31 heavy (non-hydrogen) atoms. The zero-order valence-electron chi connectivity index (χ0n) is 17.5. The van der Waals surface area contributed by atoms with E-state index >= 15 is 0 Å². The van der Waals surface area contributed by atoms with E-state index in [4.69, 9.17) is 16.6 Å². The van der Waals surface area contributed by atoms with E-state index in [1.165, 1.54) is 0 Å². The number of aliphatic hydroxyl groups is 1. The molecule has 0 amide bonds. The average molecular weight is 463 g/mol. The van der Waals surface area contributed by atoms with Crippen LogP contribution in [0.25, 0.3) is 0 Å². The van der Waals surface area contributed by atoms with Crippen molar-refractivity contribution in [1.82, 2.24) is 19.9 Å². The van der Waals surface area contributed by atoms with E-state index in [0.29, 0.717) is 39.7 Å². The van der Waals surface area contributed by atoms with Crippen LogP contribution >= 0.6 is 11.6 Å². The molecule has 8 nitrogen and oxygen atoms in total. The second-order valence-corrected chi connectivity index (χ2v) is 10.8. The molecule has 1 saturated carbocycles. The highest BCUT2D eigenvalue weighted by atomic mass is 35.5. The molecule has 0 spiro atoms. The molecular weight excluding hydrogens is 436 g/mol. The van der Waals surface area contributed by atoms with Crippen LogP contribution in [0.1, 0.15) is 56.7 Å². The number of aromatic nitrogens is 4. The van der Waals surface area contributed by atoms with Crippen molar-refractivity contribution >= 4 is 34.2 Å². The molecule has 0 radical (unpaired) electrons. The third-order valence-corrected chi connectivity index (χ3v) is 8.13. The number of fused-ring (bicyclic) bond motifs is 2. The fourth-order valence-electron chi connectivity index (χ4n) is 5.21. The van der Waals surface area contributed by atoms with E-state index in [2.05, 4.69) is 25.2 Å². The molecule has 2 saturated heterocycles. The van der Waals surface area contributed by atoms with Crippen molar-refractivity contribution in [3.05, 3.63) is 29.4 Å². The molecule has 10 heteroatoms. The number of nitrogens with zero attached hydrogens (tertiary/aromatic N) is 5. The lowest BCUT2D eigenvalue weighted by Gasteiger charge is -2.42. The second-order valence-electron chi connectivity index (χ2n) is 8.97. The Morgan fingerprint density at radius 1 is 1.19 bits per heavy atom. The van der Waals surface area contributed by atoms with Crippen LogP contribution in [0.3, 0.4) is 0 Å². The van der Waals surface area contributed by atoms with Crippen molar-refractivity contribution in [2.75, 3.05) is 23.1 Å². The molecule has 2 unspecified atom stereocenters. The Kier molecular flexibility index (Phi) is 5.60. The number of piperidine rings is 1. The maximum atomic E-state index is 12.3. The third-order valence-electron chi connectivity index (χ3n) is 7.02. The van der Waals surface area contributed by atoms with Gasteiger partial charge in [0.2, 0.25) is 5.95 Å². The largest absolute Gasteiger partial charge is 0.394 e. The number of rotatable bonds is 6. The summed E-state index contributed by atoms with van der Waals surface area (Å²) in [5, 5.41) is 13.8. The van der Waals surface area contributed by atoms with Gasteiger partial charge in [0, 0.05) is 36.7 Å². The quantitative estimate of drug-likeness (QED) is 0.675. The monoisotopic (exact) mass is 462 g/mol. The molecule has 2 aliphatic heterocycles. The van der Waals surface area contributed by atoms with Crippen LogP contribution in [0.5, 0.6) is 0 Å². The van der Waals surface area contributed by atoms with Crippen LogP contribution in [0.2, 0.25) is 5.02 Å². The smallest absolute Gasteiger partial charge is 0.227 e. The highest BCUT2D eigenvalue weighted by Crippen LogP contribution is 2.44. The van der Waals surface area contributed by atoms with E-state index in [1.54, 1.807) is 24.8 Å². The molecule has 2 N–H and O–H groups in total. The normalized spacial score (nSPS) is 27.6. The summed E-state index contributed by atoms with van der Waals surface area (Å²) in [5.74, 6) is 2.42. The van der Waals surface area contributed by atoms with Crippen molar-refractivity contribution in [1.29, 1.82) is 0 Å². The fraction of sp³-hybridized carbons (Fsp3) is 0.619. The second kappa shape index (κ2) is 8.26. The number of hydrogen-bond acceptors (Lipinski definition) is 8. The first kappa shape index (κ1) is 21.0. The number of halogens is 1. The molecule has 2 aromatic heterocycles. The van der Waals surface area contributed by atoms with Crippen molar-refractivity contribution < 1.29 is 9.32 Å². The van der Waals surface area contributed by atoms with E-state index in [1.807, 2.05) is 0 Å². The predicted molar refractivity (Wildman–Crippen MR) is 120 cm³/mol. The summed E-state index contributed by atoms with van der Waals surface area (Å²) in [5.41, 5.74) is -0.363. The number of aliphatic hydroxyl groups excluding tert-OH is 1. The Morgan fingerprint density at radius 3 is 2.42 bits per heavy atom. The van der Waals surface area contributed by atoms with Gasteiger partial charge in [-0.3, -0.25) is 4.21 Å². The Labute approximate surface area is 189 Å². The van der Waals surface area contributed by atoms with Gasteiger partial charge < -0.3 is 15.3 Å². The van der Waals surface area contributed by atoms with Gasteiger partial charge in [-0.15, -0.1) is 0 Å². The number of hydrogen-bond donors (Lipinski definition) is 2. The Morgan fingerprint density at radius 2 is 1.87 bits per heavy atom. The van der Waals surface area contributed by atoms with Crippen LogP contribution in [-0.2, 0) is 10.8 Å². The highest BCUT2D eigenvalue weighted by molar-refractivity contribution is 7.84. The summed E-state index contributed by atoms with van der Waals surface area (Å²) < 4.78 is 12.3. The summed E-state index contributed by atoms with van der Waals surface area (Å²) in [6, 6.07) is 0.647. The van der Waals surface area contributed by atoms with Gasteiger partial charge >= 0.3 is 0 Å². The van der Waals surface area contributed by atoms with Gasteiger partial charge in [0.15, 0.2) is 0 Å². The summed E-state index contributed by atoms with van der Waals surface area (Å²) in [4.78, 5) is 21.2. The summed E-state index contributed by atoms with van der Waals surface area (Å²) in [6.07, 6.45) is 13.6. The minimum atomic E-state index is -1.22. The maximum Gasteiger partial charge on any atom is 0.227 e. The maximum absolute atomic E-state index is 12.3. The van der Waals surface area contributed by atoms with E-state index in [9.17, 15) is 9.32 Å². The van der Waals surface area contributed by atoms with Crippen molar-refractivity contribution in [3.8, 4) is 0 Å². The summed E-state index contributed by atoms with van der Waals surface area (Å²) >= 11 is 5.95. The Hall–Kier alpha value is -1.84. The first-order valence-corrected chi connectivity index (χ1v) is 12.8. The summed E-state index contributed by atoms with van der Waals surface area (Å²) in [6.45, 7) is 0.0415. The van der Waals surface area contributed by atoms with E-state index in [-0.39, 0.29) is 12.1 Å². The standard InChI is InChI=1S/C21H27ClN6O2S/c1-31(30)17-11-25-20(26-19(17)27-21(12-29)5-2-6-21)28-15-3-4-16(28)8-13(7-15)18-23-9-14(22)10-24-18/h9-11,13,15-16,29H,2-8,12H2,1H3,(H,25,26,27)/t13?,15?,16?,31-/m1/s1. The van der Waals surface area contributed by atoms with Gasteiger partial charge in [0.05, 0.1) is 39.1 Å². The first-order chi connectivity index (χ1) is 15.0. The lowest BCUT2D eigenvalue weighted by Crippen LogP contribution is -2.49. The van der Waals surface area contributed by atoms with Gasteiger partial charge in [0.25, 0.3) is 0 Å². The lowest BCUT2D eigenvalue weighted by atomic mass is 9.77. The molecule has 0 aromatic carbocycles. The molecule has 4 heterocycles. The van der Waals surface area contributed by atoms with Crippen LogP contribution in [-0.4, -0.2) is 59.7 Å². The van der Waals surface area contributed by atoms with Gasteiger partial charge in [-0.2, -0.15) is 4.98 Å². The number of nitrogens with one attached hydrogen (secondary N) is 1. The van der Waals surface area contributed by atoms with Crippen molar-refractivity contribution in [2.45, 2.75) is 73.4 Å². The Bertz CT molecular complexity index is 967. The van der Waals surface area contributed by atoms with Gasteiger partial charge in [-0.05, 0) is 44.9 Å². The van der Waals surface area contributed by atoms with Gasteiger partial charge in [-0.1, -0.05) is 11.6 Å². The molecule has 3 aliphatic rings. The lowest BCUT2D eigenvalue weighted by molar-refractivity contribution is 0.143. The van der Waals surface area contributed by atoms with Gasteiger partial charge in [0.1, 0.15) is 11.6 Å². The van der Waals surface area contributed by atoms with Gasteiger partial charge in [-0.25, -0.2) is 15.0 Å². The Balaban J connectivity index is 1.41. The van der Waals surface area contributed by atoms with Crippen LogP contribution in [0.15, 0.2) is 23.5 Å². The fourth-order valence-corrected chi connectivity index (χ4v) is 5.88. The van der Waals surface area contributed by atoms with Crippen molar-refractivity contribution in [3.63, 3.8) is 0 Å². The van der Waals surface area contributed by atoms with Crippen molar-refractivity contribution in [2.24, 2.45) is 0 Å². The minimum Gasteiger partial charge on any atom is -0.394 e. The molecule has 2 aromatic rings. The molecule has 166 valence electrons. The highest BCUT2D eigenvalue weighted by Gasteiger charge is 2.44.